The van der Waals surface area contributed by atoms with E-state index in [0.717, 1.165) is 12.8 Å². The molecular formula is C18H25N3O4. The molecular weight excluding hydrogens is 322 g/mol. The molecule has 1 aromatic carbocycles. The van der Waals surface area contributed by atoms with Gasteiger partial charge in [-0.3, -0.25) is 4.79 Å². The number of amides is 3. The van der Waals surface area contributed by atoms with E-state index in [9.17, 15) is 14.7 Å². The van der Waals surface area contributed by atoms with Gasteiger partial charge in [-0.25, -0.2) is 4.79 Å². The molecule has 0 radical (unpaired) electrons. The highest BCUT2D eigenvalue weighted by Crippen LogP contribution is 2.31. The second-order valence-electron chi connectivity index (χ2n) is 7.02. The van der Waals surface area contributed by atoms with Gasteiger partial charge in [0.05, 0.1) is 7.11 Å². The molecule has 1 aromatic rings. The average Bonchev–Trinajstić information content (AvgIpc) is 2.92. The van der Waals surface area contributed by atoms with E-state index >= 15 is 0 Å². The van der Waals surface area contributed by atoms with Gasteiger partial charge in [-0.2, -0.15) is 0 Å². The Labute approximate surface area is 147 Å². The first kappa shape index (κ1) is 17.4. The van der Waals surface area contributed by atoms with Crippen molar-refractivity contribution >= 4 is 11.9 Å². The molecule has 0 saturated carbocycles. The molecule has 3 aliphatic rings. The van der Waals surface area contributed by atoms with E-state index in [1.54, 1.807) is 31.1 Å². The number of carbonyl (C=O) groups excluding carboxylic acids is 2. The van der Waals surface area contributed by atoms with E-state index < -0.39 is 0 Å². The lowest BCUT2D eigenvalue weighted by Crippen LogP contribution is -2.48. The SMILES string of the molecule is COc1cc(C(=O)N2C[C@H]3CC[C@@H]2CN(C(=O)N(C)C)C3)ccc1O. The number of benzene rings is 1. The first-order chi connectivity index (χ1) is 11.9. The lowest BCUT2D eigenvalue weighted by Gasteiger charge is -2.36. The van der Waals surface area contributed by atoms with Crippen LogP contribution in [0.15, 0.2) is 18.2 Å². The highest BCUT2D eigenvalue weighted by atomic mass is 16.5. The third-order valence-corrected chi connectivity index (χ3v) is 5.05. The van der Waals surface area contributed by atoms with Gasteiger partial charge < -0.3 is 24.5 Å². The van der Waals surface area contributed by atoms with E-state index in [1.807, 2.05) is 9.80 Å². The molecule has 136 valence electrons. The summed E-state index contributed by atoms with van der Waals surface area (Å²) in [6.45, 7) is 1.91. The number of urea groups is 1. The van der Waals surface area contributed by atoms with Crippen LogP contribution in [0.1, 0.15) is 23.2 Å². The van der Waals surface area contributed by atoms with Gasteiger partial charge in [0.25, 0.3) is 5.91 Å². The Kier molecular flexibility index (Phi) is 4.74. The molecule has 0 spiro atoms. The number of piperidine rings is 1. The molecule has 2 bridgehead atoms. The van der Waals surface area contributed by atoms with Crippen LogP contribution in [-0.4, -0.2) is 78.6 Å². The van der Waals surface area contributed by atoms with Gasteiger partial charge in [0, 0.05) is 45.3 Å². The molecule has 0 unspecified atom stereocenters. The summed E-state index contributed by atoms with van der Waals surface area (Å²) >= 11 is 0. The number of hydrogen-bond donors (Lipinski definition) is 1. The molecule has 2 atom stereocenters. The molecule has 3 fully saturated rings. The van der Waals surface area contributed by atoms with E-state index in [1.165, 1.54) is 13.2 Å². The number of rotatable bonds is 2. The Hall–Kier alpha value is -2.44. The van der Waals surface area contributed by atoms with Crippen molar-refractivity contribution in [3.8, 4) is 11.5 Å². The van der Waals surface area contributed by atoms with Gasteiger partial charge >= 0.3 is 6.03 Å². The van der Waals surface area contributed by atoms with Crippen LogP contribution in [0.2, 0.25) is 0 Å². The van der Waals surface area contributed by atoms with Crippen LogP contribution >= 0.6 is 0 Å². The van der Waals surface area contributed by atoms with Gasteiger partial charge in [0.15, 0.2) is 11.5 Å². The van der Waals surface area contributed by atoms with Gasteiger partial charge in [-0.05, 0) is 37.0 Å². The van der Waals surface area contributed by atoms with Crippen LogP contribution in [0.5, 0.6) is 11.5 Å². The average molecular weight is 347 g/mol. The molecule has 7 nitrogen and oxygen atoms in total. The minimum Gasteiger partial charge on any atom is -0.504 e. The fourth-order valence-corrected chi connectivity index (χ4v) is 3.75. The zero-order valence-corrected chi connectivity index (χ0v) is 14.9. The number of methoxy groups -OCH3 is 1. The second-order valence-corrected chi connectivity index (χ2v) is 7.02. The van der Waals surface area contributed by atoms with Gasteiger partial charge in [0.1, 0.15) is 0 Å². The third-order valence-electron chi connectivity index (χ3n) is 5.05. The predicted octanol–water partition coefficient (Wildman–Crippen LogP) is 1.62. The Bertz CT molecular complexity index is 676. The molecule has 0 aliphatic carbocycles. The Morgan fingerprint density at radius 1 is 1.20 bits per heavy atom. The maximum Gasteiger partial charge on any atom is 0.319 e. The van der Waals surface area contributed by atoms with Crippen LogP contribution < -0.4 is 4.74 Å². The highest BCUT2D eigenvalue weighted by Gasteiger charge is 2.39. The number of phenols is 1. The number of nitrogens with zero attached hydrogens (tertiary/aromatic N) is 3. The Morgan fingerprint density at radius 3 is 2.64 bits per heavy atom. The van der Waals surface area contributed by atoms with Gasteiger partial charge in [0.2, 0.25) is 0 Å². The Balaban J connectivity index is 1.81. The third kappa shape index (κ3) is 3.36. The summed E-state index contributed by atoms with van der Waals surface area (Å²) < 4.78 is 5.11. The zero-order chi connectivity index (χ0) is 18.1. The minimum atomic E-state index is -0.0767. The first-order valence-corrected chi connectivity index (χ1v) is 8.55. The normalized spacial score (nSPS) is 22.5. The summed E-state index contributed by atoms with van der Waals surface area (Å²) in [7, 11) is 4.96. The van der Waals surface area contributed by atoms with Crippen LogP contribution in [0, 0.1) is 5.92 Å². The smallest absolute Gasteiger partial charge is 0.319 e. The van der Waals surface area contributed by atoms with Crippen LogP contribution in [0.4, 0.5) is 4.79 Å². The van der Waals surface area contributed by atoms with Crippen LogP contribution in [-0.2, 0) is 0 Å². The zero-order valence-electron chi connectivity index (χ0n) is 14.9. The predicted molar refractivity (Wildman–Crippen MR) is 92.9 cm³/mol. The summed E-state index contributed by atoms with van der Waals surface area (Å²) in [6, 6.07) is 4.68. The van der Waals surface area contributed by atoms with Crippen molar-refractivity contribution in [2.24, 2.45) is 5.92 Å². The standard InChI is InChI=1S/C18H25N3O4/c1-19(2)18(24)20-9-12-4-6-14(11-20)21(10-12)17(23)13-5-7-15(22)16(8-13)25-3/h5,7-8,12,14,22H,4,6,9-11H2,1-3H3/t12-,14+/m0/s1. The van der Waals surface area contributed by atoms with Crippen molar-refractivity contribution < 1.29 is 19.4 Å². The van der Waals surface area contributed by atoms with Crippen molar-refractivity contribution in [3.63, 3.8) is 0 Å². The number of ether oxygens (including phenoxy) is 1. The summed E-state index contributed by atoms with van der Waals surface area (Å²) in [4.78, 5) is 30.7. The largest absolute Gasteiger partial charge is 0.504 e. The molecule has 7 heteroatoms. The quantitative estimate of drug-likeness (QED) is 0.882. The summed E-state index contributed by atoms with van der Waals surface area (Å²) in [5.74, 6) is 0.521. The molecule has 1 N–H and O–H groups in total. The van der Waals surface area contributed by atoms with Crippen molar-refractivity contribution in [2.45, 2.75) is 18.9 Å². The first-order valence-electron chi connectivity index (χ1n) is 8.55. The highest BCUT2D eigenvalue weighted by molar-refractivity contribution is 5.95. The maximum absolute atomic E-state index is 13.0. The number of fused-ring (bicyclic) bond motifs is 4. The molecule has 25 heavy (non-hydrogen) atoms. The number of aromatic hydroxyl groups is 1. The molecule has 3 saturated heterocycles. The van der Waals surface area contributed by atoms with E-state index in [4.69, 9.17) is 4.74 Å². The number of phenolic OH excluding ortho intramolecular Hbond substituents is 1. The van der Waals surface area contributed by atoms with Crippen molar-refractivity contribution in [2.75, 3.05) is 40.8 Å². The lowest BCUT2D eigenvalue weighted by atomic mass is 9.94. The molecule has 0 aromatic heterocycles. The Morgan fingerprint density at radius 2 is 1.96 bits per heavy atom. The molecule has 4 rings (SSSR count). The fourth-order valence-electron chi connectivity index (χ4n) is 3.75. The molecule has 3 heterocycles. The summed E-state index contributed by atoms with van der Waals surface area (Å²) in [5.41, 5.74) is 0.493. The van der Waals surface area contributed by atoms with Crippen molar-refractivity contribution in [1.29, 1.82) is 0 Å². The number of hydrogen-bond acceptors (Lipinski definition) is 4. The molecule has 3 aliphatic heterocycles. The van der Waals surface area contributed by atoms with Gasteiger partial charge in [-0.1, -0.05) is 0 Å². The fraction of sp³-hybridized carbons (Fsp3) is 0.556. The van der Waals surface area contributed by atoms with Gasteiger partial charge in [-0.15, -0.1) is 0 Å². The van der Waals surface area contributed by atoms with E-state index in [-0.39, 0.29) is 29.5 Å². The second kappa shape index (κ2) is 6.82. The monoisotopic (exact) mass is 347 g/mol. The topological polar surface area (TPSA) is 73.3 Å². The van der Waals surface area contributed by atoms with Crippen molar-refractivity contribution in [1.82, 2.24) is 14.7 Å². The molecule has 3 amide bonds. The van der Waals surface area contributed by atoms with Crippen LogP contribution in [0.25, 0.3) is 0 Å². The van der Waals surface area contributed by atoms with E-state index in [0.29, 0.717) is 31.1 Å². The minimum absolute atomic E-state index is 0.00231. The summed E-state index contributed by atoms with van der Waals surface area (Å²) in [6.07, 6.45) is 1.94. The van der Waals surface area contributed by atoms with E-state index in [2.05, 4.69) is 0 Å². The maximum atomic E-state index is 13.0. The summed E-state index contributed by atoms with van der Waals surface area (Å²) in [5, 5.41) is 9.73. The van der Waals surface area contributed by atoms with Crippen molar-refractivity contribution in [3.05, 3.63) is 23.8 Å². The van der Waals surface area contributed by atoms with Crippen LogP contribution in [0.3, 0.4) is 0 Å². The lowest BCUT2D eigenvalue weighted by molar-refractivity contribution is 0.0585. The number of carbonyl (C=O) groups is 2.